The summed E-state index contributed by atoms with van der Waals surface area (Å²) in [7, 11) is 0. The van der Waals surface area contributed by atoms with E-state index in [2.05, 4.69) is 41.9 Å². The first kappa shape index (κ1) is 16.4. The third kappa shape index (κ3) is 3.80. The van der Waals surface area contributed by atoms with Crippen LogP contribution in [0.5, 0.6) is 0 Å². The van der Waals surface area contributed by atoms with Crippen LogP contribution in [0.1, 0.15) is 30.6 Å². The van der Waals surface area contributed by atoms with Crippen molar-refractivity contribution in [3.8, 4) is 0 Å². The van der Waals surface area contributed by atoms with Gasteiger partial charge in [-0.25, -0.2) is 19.6 Å². The molecule has 0 bridgehead atoms. The predicted octanol–water partition coefficient (Wildman–Crippen LogP) is 0.572. The molecule has 1 atom stereocenters. The highest BCUT2D eigenvalue weighted by Crippen LogP contribution is 2.14. The van der Waals surface area contributed by atoms with Gasteiger partial charge in [-0.15, -0.1) is 0 Å². The van der Waals surface area contributed by atoms with Gasteiger partial charge >= 0.3 is 0 Å². The average molecular weight is 343 g/mol. The van der Waals surface area contributed by atoms with Gasteiger partial charge in [0.1, 0.15) is 5.82 Å². The molecule has 134 valence electrons. The SMILES string of the molecule is CCc1nc2n(n1)CC(NCc1cnc(N3CCOCC3)nc1)CC2. The van der Waals surface area contributed by atoms with Gasteiger partial charge in [-0.1, -0.05) is 6.92 Å². The van der Waals surface area contributed by atoms with Gasteiger partial charge in [0.15, 0.2) is 5.82 Å². The monoisotopic (exact) mass is 343 g/mol. The molecular weight excluding hydrogens is 318 g/mol. The van der Waals surface area contributed by atoms with Crippen LogP contribution < -0.4 is 10.2 Å². The molecule has 2 aliphatic heterocycles. The normalized spacial score (nSPS) is 20.5. The Morgan fingerprint density at radius 2 is 2.04 bits per heavy atom. The number of hydrogen-bond donors (Lipinski definition) is 1. The minimum absolute atomic E-state index is 0.415. The first-order valence-corrected chi connectivity index (χ1v) is 9.11. The van der Waals surface area contributed by atoms with E-state index in [4.69, 9.17) is 4.74 Å². The first-order valence-electron chi connectivity index (χ1n) is 9.11. The van der Waals surface area contributed by atoms with E-state index in [-0.39, 0.29) is 0 Å². The number of ether oxygens (including phenoxy) is 1. The van der Waals surface area contributed by atoms with Gasteiger partial charge in [0.25, 0.3) is 0 Å². The maximum Gasteiger partial charge on any atom is 0.225 e. The molecule has 0 aliphatic carbocycles. The molecule has 0 radical (unpaired) electrons. The maximum atomic E-state index is 5.37. The minimum Gasteiger partial charge on any atom is -0.378 e. The summed E-state index contributed by atoms with van der Waals surface area (Å²) in [6, 6.07) is 0.415. The molecule has 4 rings (SSSR count). The van der Waals surface area contributed by atoms with Crippen LogP contribution in [0, 0.1) is 0 Å². The van der Waals surface area contributed by atoms with E-state index in [9.17, 15) is 0 Å². The Hall–Kier alpha value is -2.06. The lowest BCUT2D eigenvalue weighted by Crippen LogP contribution is -2.38. The van der Waals surface area contributed by atoms with Crippen LogP contribution in [0.4, 0.5) is 5.95 Å². The highest BCUT2D eigenvalue weighted by molar-refractivity contribution is 5.30. The summed E-state index contributed by atoms with van der Waals surface area (Å²) in [5, 5.41) is 8.17. The highest BCUT2D eigenvalue weighted by atomic mass is 16.5. The highest BCUT2D eigenvalue weighted by Gasteiger charge is 2.21. The fourth-order valence-electron chi connectivity index (χ4n) is 3.31. The van der Waals surface area contributed by atoms with Crippen molar-refractivity contribution in [3.05, 3.63) is 29.6 Å². The van der Waals surface area contributed by atoms with E-state index in [1.165, 1.54) is 0 Å². The summed E-state index contributed by atoms with van der Waals surface area (Å²) in [6.07, 6.45) is 6.81. The average Bonchev–Trinajstić information content (AvgIpc) is 3.10. The molecule has 2 aromatic heterocycles. The fraction of sp³-hybridized carbons (Fsp3) is 0.647. The summed E-state index contributed by atoms with van der Waals surface area (Å²) in [4.78, 5) is 15.7. The van der Waals surface area contributed by atoms with Crippen LogP contribution in [-0.4, -0.2) is 57.1 Å². The largest absolute Gasteiger partial charge is 0.378 e. The molecule has 1 N–H and O–H groups in total. The molecule has 1 fully saturated rings. The van der Waals surface area contributed by atoms with Crippen molar-refractivity contribution in [1.29, 1.82) is 0 Å². The molecule has 0 spiro atoms. The van der Waals surface area contributed by atoms with E-state index < -0.39 is 0 Å². The zero-order valence-corrected chi connectivity index (χ0v) is 14.7. The molecule has 1 unspecified atom stereocenters. The molecule has 8 heteroatoms. The van der Waals surface area contributed by atoms with Crippen LogP contribution in [-0.2, 0) is 30.7 Å². The van der Waals surface area contributed by atoms with Crippen molar-refractivity contribution in [1.82, 2.24) is 30.0 Å². The van der Waals surface area contributed by atoms with E-state index in [1.54, 1.807) is 0 Å². The molecule has 0 aromatic carbocycles. The number of rotatable bonds is 5. The second-order valence-electron chi connectivity index (χ2n) is 6.59. The maximum absolute atomic E-state index is 5.37. The number of nitrogens with one attached hydrogen (secondary N) is 1. The molecule has 8 nitrogen and oxygen atoms in total. The topological polar surface area (TPSA) is 81.0 Å². The third-order valence-electron chi connectivity index (χ3n) is 4.80. The Bertz CT molecular complexity index is 694. The van der Waals surface area contributed by atoms with Gasteiger partial charge in [-0.3, -0.25) is 0 Å². The van der Waals surface area contributed by atoms with Gasteiger partial charge < -0.3 is 15.0 Å². The molecule has 2 aliphatic rings. The van der Waals surface area contributed by atoms with Crippen LogP contribution in [0.3, 0.4) is 0 Å². The van der Waals surface area contributed by atoms with Crippen LogP contribution >= 0.6 is 0 Å². The van der Waals surface area contributed by atoms with Crippen molar-refractivity contribution in [3.63, 3.8) is 0 Å². The second kappa shape index (κ2) is 7.45. The minimum atomic E-state index is 0.415. The van der Waals surface area contributed by atoms with E-state index >= 15 is 0 Å². The van der Waals surface area contributed by atoms with Gasteiger partial charge in [0, 0.05) is 56.5 Å². The Kier molecular flexibility index (Phi) is 4.89. The standard InChI is InChI=1S/C17H25N7O/c1-2-15-21-16-4-3-14(12-24(16)22-15)18-9-13-10-19-17(20-11-13)23-5-7-25-8-6-23/h10-11,14,18H,2-9,12H2,1H3. The number of hydrogen-bond acceptors (Lipinski definition) is 7. The van der Waals surface area contributed by atoms with Gasteiger partial charge in [0.05, 0.1) is 19.8 Å². The predicted molar refractivity (Wildman–Crippen MR) is 93.4 cm³/mol. The van der Waals surface area contributed by atoms with Crippen LogP contribution in [0.15, 0.2) is 12.4 Å². The lowest BCUT2D eigenvalue weighted by atomic mass is 10.1. The Labute approximate surface area is 147 Å². The number of morpholine rings is 1. The van der Waals surface area contributed by atoms with Crippen molar-refractivity contribution in [2.75, 3.05) is 31.2 Å². The van der Waals surface area contributed by atoms with E-state index in [0.29, 0.717) is 6.04 Å². The number of aryl methyl sites for hydroxylation is 2. The number of fused-ring (bicyclic) bond motifs is 1. The van der Waals surface area contributed by atoms with Crippen molar-refractivity contribution in [2.45, 2.75) is 45.3 Å². The summed E-state index contributed by atoms with van der Waals surface area (Å²) in [5.41, 5.74) is 1.11. The summed E-state index contributed by atoms with van der Waals surface area (Å²) in [5.74, 6) is 2.86. The van der Waals surface area contributed by atoms with Crippen molar-refractivity contribution in [2.24, 2.45) is 0 Å². The molecule has 4 heterocycles. The lowest BCUT2D eigenvalue weighted by molar-refractivity contribution is 0.122. The number of anilines is 1. The van der Waals surface area contributed by atoms with Crippen molar-refractivity contribution < 1.29 is 4.74 Å². The number of aromatic nitrogens is 5. The Morgan fingerprint density at radius 1 is 1.24 bits per heavy atom. The summed E-state index contributed by atoms with van der Waals surface area (Å²) in [6.45, 7) is 6.97. The van der Waals surface area contributed by atoms with Crippen LogP contribution in [0.2, 0.25) is 0 Å². The zero-order valence-electron chi connectivity index (χ0n) is 14.7. The Morgan fingerprint density at radius 3 is 2.80 bits per heavy atom. The molecule has 2 aromatic rings. The molecule has 0 saturated carbocycles. The molecular formula is C17H25N7O. The van der Waals surface area contributed by atoms with Gasteiger partial charge in [0.2, 0.25) is 5.95 Å². The third-order valence-corrected chi connectivity index (χ3v) is 4.80. The quantitative estimate of drug-likeness (QED) is 0.850. The molecule has 0 amide bonds. The second-order valence-corrected chi connectivity index (χ2v) is 6.59. The van der Waals surface area contributed by atoms with Gasteiger partial charge in [-0.2, -0.15) is 5.10 Å². The summed E-state index contributed by atoms with van der Waals surface area (Å²) >= 11 is 0. The molecule has 25 heavy (non-hydrogen) atoms. The smallest absolute Gasteiger partial charge is 0.225 e. The fourth-order valence-corrected chi connectivity index (χ4v) is 3.31. The van der Waals surface area contributed by atoms with Crippen LogP contribution in [0.25, 0.3) is 0 Å². The van der Waals surface area contributed by atoms with E-state index in [1.807, 2.05) is 12.4 Å². The molecule has 1 saturated heterocycles. The number of nitrogens with zero attached hydrogens (tertiary/aromatic N) is 6. The first-order chi connectivity index (χ1) is 12.3. The Balaban J connectivity index is 1.31. The lowest BCUT2D eigenvalue weighted by Gasteiger charge is -2.26. The van der Waals surface area contributed by atoms with E-state index in [0.717, 1.165) is 81.8 Å². The van der Waals surface area contributed by atoms with Gasteiger partial charge in [-0.05, 0) is 6.42 Å². The van der Waals surface area contributed by atoms with Crippen molar-refractivity contribution >= 4 is 5.95 Å². The summed E-state index contributed by atoms with van der Waals surface area (Å²) < 4.78 is 7.42. The zero-order chi connectivity index (χ0) is 17.1.